The first kappa shape index (κ1) is 16.5. The molecule has 0 aliphatic carbocycles. The Bertz CT molecular complexity index is 913. The average molecular weight is 351 g/mol. The molecule has 2 heterocycles. The van der Waals surface area contributed by atoms with Crippen LogP contribution in [0.2, 0.25) is 0 Å². The Balaban J connectivity index is 1.67. The molecule has 26 heavy (non-hydrogen) atoms. The molecule has 1 unspecified atom stereocenters. The zero-order valence-electron chi connectivity index (χ0n) is 14.9. The molecule has 1 amide bonds. The van der Waals surface area contributed by atoms with Gasteiger partial charge in [-0.25, -0.2) is 0 Å². The highest BCUT2D eigenvalue weighted by Crippen LogP contribution is 2.39. The summed E-state index contributed by atoms with van der Waals surface area (Å²) in [5.74, 6) is 1.77. The smallest absolute Gasteiger partial charge is 0.290 e. The molecule has 0 bridgehead atoms. The fourth-order valence-electron chi connectivity index (χ4n) is 3.66. The van der Waals surface area contributed by atoms with Crippen molar-refractivity contribution in [2.24, 2.45) is 0 Å². The predicted octanol–water partition coefficient (Wildman–Crippen LogP) is 4.43. The van der Waals surface area contributed by atoms with Gasteiger partial charge in [0, 0.05) is 23.6 Å². The van der Waals surface area contributed by atoms with E-state index >= 15 is 0 Å². The Morgan fingerprint density at radius 1 is 1.12 bits per heavy atom. The van der Waals surface area contributed by atoms with Crippen LogP contribution in [0.5, 0.6) is 11.5 Å². The second kappa shape index (κ2) is 6.75. The van der Waals surface area contributed by atoms with Crippen LogP contribution in [0.15, 0.2) is 52.9 Å². The maximum Gasteiger partial charge on any atom is 0.290 e. The molecule has 0 radical (unpaired) electrons. The third kappa shape index (κ3) is 2.79. The number of hydrogen-bond acceptors (Lipinski definition) is 4. The molecule has 0 spiro atoms. The van der Waals surface area contributed by atoms with Gasteiger partial charge in [-0.3, -0.25) is 4.79 Å². The third-order valence-corrected chi connectivity index (χ3v) is 4.95. The number of carbonyl (C=O) groups is 1. The molecule has 134 valence electrons. The molecule has 1 aliphatic heterocycles. The molecule has 1 saturated heterocycles. The molecule has 1 fully saturated rings. The number of methoxy groups -OCH3 is 2. The van der Waals surface area contributed by atoms with Crippen molar-refractivity contribution in [3.63, 3.8) is 0 Å². The minimum Gasteiger partial charge on any atom is -0.497 e. The van der Waals surface area contributed by atoms with Gasteiger partial charge in [0.2, 0.25) is 0 Å². The Hall–Kier alpha value is -2.95. The summed E-state index contributed by atoms with van der Waals surface area (Å²) in [5.41, 5.74) is 1.73. The van der Waals surface area contributed by atoms with Gasteiger partial charge in [-0.15, -0.1) is 0 Å². The van der Waals surface area contributed by atoms with Crippen molar-refractivity contribution in [3.8, 4) is 11.5 Å². The lowest BCUT2D eigenvalue weighted by molar-refractivity contribution is 0.0704. The Morgan fingerprint density at radius 3 is 2.73 bits per heavy atom. The second-order valence-electron chi connectivity index (χ2n) is 6.41. The van der Waals surface area contributed by atoms with E-state index in [9.17, 15) is 4.79 Å². The maximum atomic E-state index is 13.1. The van der Waals surface area contributed by atoms with Crippen molar-refractivity contribution in [1.29, 1.82) is 0 Å². The molecule has 1 aliphatic rings. The van der Waals surface area contributed by atoms with Crippen LogP contribution in [0, 0.1) is 0 Å². The summed E-state index contributed by atoms with van der Waals surface area (Å²) in [6.45, 7) is 0.704. The largest absolute Gasteiger partial charge is 0.497 e. The van der Waals surface area contributed by atoms with Crippen LogP contribution in [0.4, 0.5) is 0 Å². The lowest BCUT2D eigenvalue weighted by Gasteiger charge is -2.25. The number of amides is 1. The SMILES string of the molecule is COc1ccc(C2CCCN2C(=O)c2cc3ccccc3o2)c(OC)c1. The van der Waals surface area contributed by atoms with Gasteiger partial charge in [-0.2, -0.15) is 0 Å². The van der Waals surface area contributed by atoms with Crippen molar-refractivity contribution < 1.29 is 18.7 Å². The zero-order chi connectivity index (χ0) is 18.1. The first-order chi connectivity index (χ1) is 12.7. The Morgan fingerprint density at radius 2 is 1.96 bits per heavy atom. The number of furan rings is 1. The molecule has 1 atom stereocenters. The molecule has 5 nitrogen and oxygen atoms in total. The summed E-state index contributed by atoms with van der Waals surface area (Å²) in [6, 6.07) is 15.2. The quantitative estimate of drug-likeness (QED) is 0.698. The van der Waals surface area contributed by atoms with E-state index in [0.717, 1.165) is 40.9 Å². The van der Waals surface area contributed by atoms with E-state index in [1.165, 1.54) is 0 Å². The maximum absolute atomic E-state index is 13.1. The number of carbonyl (C=O) groups excluding carboxylic acids is 1. The van der Waals surface area contributed by atoms with Crippen LogP contribution in [0.25, 0.3) is 11.0 Å². The highest BCUT2D eigenvalue weighted by atomic mass is 16.5. The van der Waals surface area contributed by atoms with Crippen LogP contribution in [-0.4, -0.2) is 31.6 Å². The van der Waals surface area contributed by atoms with Crippen molar-refractivity contribution in [2.75, 3.05) is 20.8 Å². The van der Waals surface area contributed by atoms with E-state index in [1.807, 2.05) is 53.4 Å². The highest BCUT2D eigenvalue weighted by Gasteiger charge is 2.34. The van der Waals surface area contributed by atoms with E-state index in [4.69, 9.17) is 13.9 Å². The van der Waals surface area contributed by atoms with Gasteiger partial charge in [-0.05, 0) is 37.1 Å². The number of fused-ring (bicyclic) bond motifs is 1. The summed E-state index contributed by atoms with van der Waals surface area (Å²) < 4.78 is 16.6. The first-order valence-electron chi connectivity index (χ1n) is 8.72. The zero-order valence-corrected chi connectivity index (χ0v) is 14.9. The highest BCUT2D eigenvalue weighted by molar-refractivity contribution is 5.96. The van der Waals surface area contributed by atoms with Crippen molar-refractivity contribution >= 4 is 16.9 Å². The van der Waals surface area contributed by atoms with E-state index in [2.05, 4.69) is 0 Å². The summed E-state index contributed by atoms with van der Waals surface area (Å²) in [5, 5.41) is 0.939. The van der Waals surface area contributed by atoms with Gasteiger partial charge in [0.05, 0.1) is 20.3 Å². The first-order valence-corrected chi connectivity index (χ1v) is 8.72. The molecule has 4 rings (SSSR count). The lowest BCUT2D eigenvalue weighted by atomic mass is 10.0. The number of ether oxygens (including phenoxy) is 2. The number of likely N-dealkylation sites (tertiary alicyclic amines) is 1. The Labute approximate surface area is 152 Å². The summed E-state index contributed by atoms with van der Waals surface area (Å²) >= 11 is 0. The third-order valence-electron chi connectivity index (χ3n) is 4.95. The van der Waals surface area contributed by atoms with Crippen LogP contribution in [-0.2, 0) is 0 Å². The minimum absolute atomic E-state index is 0.0310. The Kier molecular flexibility index (Phi) is 4.29. The second-order valence-corrected chi connectivity index (χ2v) is 6.41. The number of nitrogens with zero attached hydrogens (tertiary/aromatic N) is 1. The fourth-order valence-corrected chi connectivity index (χ4v) is 3.66. The van der Waals surface area contributed by atoms with Gasteiger partial charge < -0.3 is 18.8 Å². The number of para-hydroxylation sites is 1. The average Bonchev–Trinajstić information content (AvgIpc) is 3.33. The van der Waals surface area contributed by atoms with Crippen LogP contribution < -0.4 is 9.47 Å². The fraction of sp³-hybridized carbons (Fsp3) is 0.286. The van der Waals surface area contributed by atoms with E-state index in [-0.39, 0.29) is 11.9 Å². The van der Waals surface area contributed by atoms with E-state index in [0.29, 0.717) is 12.3 Å². The van der Waals surface area contributed by atoms with Crippen molar-refractivity contribution in [2.45, 2.75) is 18.9 Å². The van der Waals surface area contributed by atoms with Gasteiger partial charge in [0.15, 0.2) is 5.76 Å². The monoisotopic (exact) mass is 351 g/mol. The minimum atomic E-state index is -0.0819. The molecule has 2 aromatic carbocycles. The van der Waals surface area contributed by atoms with Crippen LogP contribution in [0.1, 0.15) is 35.0 Å². The molecule has 5 heteroatoms. The predicted molar refractivity (Wildman–Crippen MR) is 98.8 cm³/mol. The van der Waals surface area contributed by atoms with Gasteiger partial charge in [-0.1, -0.05) is 18.2 Å². The topological polar surface area (TPSA) is 51.9 Å². The van der Waals surface area contributed by atoms with Crippen molar-refractivity contribution in [3.05, 3.63) is 59.9 Å². The van der Waals surface area contributed by atoms with Crippen LogP contribution >= 0.6 is 0 Å². The number of rotatable bonds is 4. The van der Waals surface area contributed by atoms with Gasteiger partial charge in [0.1, 0.15) is 17.1 Å². The van der Waals surface area contributed by atoms with Gasteiger partial charge in [0.25, 0.3) is 5.91 Å². The summed E-state index contributed by atoms with van der Waals surface area (Å²) in [6.07, 6.45) is 1.85. The van der Waals surface area contributed by atoms with Crippen molar-refractivity contribution in [1.82, 2.24) is 4.90 Å². The molecule has 3 aromatic rings. The molecule has 0 N–H and O–H groups in total. The standard InChI is InChI=1S/C21H21NO4/c1-24-15-9-10-16(19(13-15)25-2)17-7-5-11-22(17)21(23)20-12-14-6-3-4-8-18(14)26-20/h3-4,6,8-10,12-13,17H,5,7,11H2,1-2H3. The lowest BCUT2D eigenvalue weighted by Crippen LogP contribution is -2.30. The summed E-state index contributed by atoms with van der Waals surface area (Å²) in [4.78, 5) is 15.0. The van der Waals surface area contributed by atoms with E-state index < -0.39 is 0 Å². The molecule has 0 saturated carbocycles. The number of benzene rings is 2. The molecular weight excluding hydrogens is 330 g/mol. The van der Waals surface area contributed by atoms with Crippen LogP contribution in [0.3, 0.4) is 0 Å². The van der Waals surface area contributed by atoms with Gasteiger partial charge >= 0.3 is 0 Å². The number of hydrogen-bond donors (Lipinski definition) is 0. The molecule has 1 aromatic heterocycles. The summed E-state index contributed by atoms with van der Waals surface area (Å²) in [7, 11) is 3.26. The molecular formula is C21H21NO4. The normalized spacial score (nSPS) is 16.8. The van der Waals surface area contributed by atoms with E-state index in [1.54, 1.807) is 14.2 Å².